The van der Waals surface area contributed by atoms with Gasteiger partial charge in [0.1, 0.15) is 12.3 Å². The van der Waals surface area contributed by atoms with E-state index in [0.717, 1.165) is 47.6 Å². The first-order chi connectivity index (χ1) is 13.7. The summed E-state index contributed by atoms with van der Waals surface area (Å²) in [5, 5.41) is 9.32. The van der Waals surface area contributed by atoms with Gasteiger partial charge in [-0.05, 0) is 31.5 Å². The van der Waals surface area contributed by atoms with E-state index in [1.54, 1.807) is 4.90 Å². The van der Waals surface area contributed by atoms with Crippen molar-refractivity contribution in [2.75, 3.05) is 37.7 Å². The van der Waals surface area contributed by atoms with E-state index in [1.165, 1.54) is 18.5 Å². The maximum absolute atomic E-state index is 12.3. The molecule has 0 saturated carbocycles. The molecule has 2 saturated heterocycles. The molecule has 3 aliphatic heterocycles. The molecule has 3 aromatic heterocycles. The fourth-order valence-corrected chi connectivity index (χ4v) is 4.90. The highest BCUT2D eigenvalue weighted by Gasteiger charge is 2.42. The minimum absolute atomic E-state index is 0.0193. The first-order valence-electron chi connectivity index (χ1n) is 9.88. The first-order valence-corrected chi connectivity index (χ1v) is 9.88. The molecule has 144 valence electrons. The average molecular weight is 378 g/mol. The second-order valence-electron chi connectivity index (χ2n) is 7.99. The minimum atomic E-state index is -0.0193. The molecule has 8 heteroatoms. The number of hydrogen-bond acceptors (Lipinski definition) is 5. The predicted molar refractivity (Wildman–Crippen MR) is 104 cm³/mol. The summed E-state index contributed by atoms with van der Waals surface area (Å²) < 4.78 is 7.42. The number of nitrogens with one attached hydrogen (secondary N) is 2. The lowest BCUT2D eigenvalue weighted by Crippen LogP contribution is -2.41. The SMILES string of the molecule is O=C1COCCN1c1c[nH]c2ncc(-c3cc4n(n3)CCC43CCNC3)cc12. The second kappa shape index (κ2) is 5.89. The Balaban J connectivity index is 1.41. The molecule has 28 heavy (non-hydrogen) atoms. The molecule has 6 rings (SSSR count). The van der Waals surface area contributed by atoms with Crippen LogP contribution in [0.5, 0.6) is 0 Å². The van der Waals surface area contributed by atoms with Crippen LogP contribution in [0.3, 0.4) is 0 Å². The number of nitrogens with zero attached hydrogens (tertiary/aromatic N) is 4. The number of pyridine rings is 1. The number of hydrogen-bond donors (Lipinski definition) is 2. The Bertz CT molecular complexity index is 1080. The van der Waals surface area contributed by atoms with Crippen LogP contribution in [-0.4, -0.2) is 58.5 Å². The number of amides is 1. The van der Waals surface area contributed by atoms with Crippen LogP contribution in [0.25, 0.3) is 22.3 Å². The fraction of sp³-hybridized carbons (Fsp3) is 0.450. The van der Waals surface area contributed by atoms with Crippen molar-refractivity contribution in [1.29, 1.82) is 0 Å². The zero-order valence-electron chi connectivity index (χ0n) is 15.6. The molecule has 6 heterocycles. The molecular formula is C20H22N6O2. The van der Waals surface area contributed by atoms with Gasteiger partial charge in [0.15, 0.2) is 0 Å². The number of aryl methyl sites for hydroxylation is 1. The van der Waals surface area contributed by atoms with Crippen molar-refractivity contribution in [3.63, 3.8) is 0 Å². The lowest BCUT2D eigenvalue weighted by molar-refractivity contribution is -0.125. The zero-order valence-corrected chi connectivity index (χ0v) is 15.6. The molecular weight excluding hydrogens is 356 g/mol. The van der Waals surface area contributed by atoms with Crippen molar-refractivity contribution in [3.8, 4) is 11.3 Å². The van der Waals surface area contributed by atoms with E-state index in [-0.39, 0.29) is 17.9 Å². The maximum Gasteiger partial charge on any atom is 0.253 e. The van der Waals surface area contributed by atoms with Crippen LogP contribution >= 0.6 is 0 Å². The van der Waals surface area contributed by atoms with Crippen LogP contribution in [0.2, 0.25) is 0 Å². The molecule has 0 aromatic carbocycles. The molecule has 0 radical (unpaired) electrons. The Kier molecular flexibility index (Phi) is 3.42. The number of carbonyl (C=O) groups excluding carboxylic acids is 1. The quantitative estimate of drug-likeness (QED) is 0.704. The fourth-order valence-electron chi connectivity index (χ4n) is 4.90. The third-order valence-corrected chi connectivity index (χ3v) is 6.45. The lowest BCUT2D eigenvalue weighted by Gasteiger charge is -2.26. The van der Waals surface area contributed by atoms with Gasteiger partial charge in [0, 0.05) is 54.1 Å². The van der Waals surface area contributed by atoms with Crippen LogP contribution in [0.1, 0.15) is 18.5 Å². The Morgan fingerprint density at radius 2 is 2.18 bits per heavy atom. The van der Waals surface area contributed by atoms with Gasteiger partial charge < -0.3 is 19.9 Å². The van der Waals surface area contributed by atoms with Crippen molar-refractivity contribution in [3.05, 3.63) is 30.2 Å². The minimum Gasteiger partial charge on any atom is -0.370 e. The second-order valence-corrected chi connectivity index (χ2v) is 7.99. The Morgan fingerprint density at radius 3 is 3.04 bits per heavy atom. The number of fused-ring (bicyclic) bond motifs is 3. The Labute approximate surface area is 161 Å². The molecule has 8 nitrogen and oxygen atoms in total. The van der Waals surface area contributed by atoms with Crippen molar-refractivity contribution < 1.29 is 9.53 Å². The predicted octanol–water partition coefficient (Wildman–Crippen LogP) is 1.42. The summed E-state index contributed by atoms with van der Waals surface area (Å²) in [5.74, 6) is -0.0193. The van der Waals surface area contributed by atoms with Crippen LogP contribution in [0.4, 0.5) is 5.69 Å². The molecule has 3 aliphatic rings. The third-order valence-electron chi connectivity index (χ3n) is 6.45. The van der Waals surface area contributed by atoms with Gasteiger partial charge in [-0.15, -0.1) is 0 Å². The Hall–Kier alpha value is -2.71. The normalized spacial score (nSPS) is 24.6. The Morgan fingerprint density at radius 1 is 1.21 bits per heavy atom. The number of aromatic amines is 1. The van der Waals surface area contributed by atoms with Gasteiger partial charge in [-0.25, -0.2) is 4.98 Å². The summed E-state index contributed by atoms with van der Waals surface area (Å²) in [5.41, 5.74) is 5.16. The van der Waals surface area contributed by atoms with Gasteiger partial charge in [-0.1, -0.05) is 0 Å². The summed E-state index contributed by atoms with van der Waals surface area (Å²) in [4.78, 5) is 21.8. The van der Waals surface area contributed by atoms with E-state index in [4.69, 9.17) is 9.84 Å². The zero-order chi connectivity index (χ0) is 18.7. The molecule has 0 bridgehead atoms. The summed E-state index contributed by atoms with van der Waals surface area (Å²) in [6.07, 6.45) is 6.07. The standard InChI is InChI=1S/C20H22N6O2/c27-18-11-28-6-5-25(18)16-10-23-19-14(16)7-13(9-22-19)15-8-17-20(1-3-21-12-20)2-4-26(17)24-15/h7-10,21H,1-6,11-12H2,(H,22,23). The van der Waals surface area contributed by atoms with Crippen LogP contribution in [-0.2, 0) is 21.5 Å². The van der Waals surface area contributed by atoms with Gasteiger partial charge in [0.05, 0.1) is 18.0 Å². The number of ether oxygens (including phenoxy) is 1. The largest absolute Gasteiger partial charge is 0.370 e. The molecule has 2 N–H and O–H groups in total. The molecule has 1 spiro atoms. The van der Waals surface area contributed by atoms with Crippen molar-refractivity contribution in [2.45, 2.75) is 24.8 Å². The van der Waals surface area contributed by atoms with E-state index in [0.29, 0.717) is 13.2 Å². The number of carbonyl (C=O) groups is 1. The molecule has 1 atom stereocenters. The third kappa shape index (κ3) is 2.28. The maximum atomic E-state index is 12.3. The topological polar surface area (TPSA) is 88.1 Å². The van der Waals surface area contributed by atoms with Crippen LogP contribution in [0, 0.1) is 0 Å². The van der Waals surface area contributed by atoms with Gasteiger partial charge in [-0.3, -0.25) is 9.48 Å². The van der Waals surface area contributed by atoms with E-state index in [2.05, 4.69) is 32.1 Å². The van der Waals surface area contributed by atoms with Crippen molar-refractivity contribution in [1.82, 2.24) is 25.1 Å². The number of rotatable bonds is 2. The average Bonchev–Trinajstić information content (AvgIpc) is 3.48. The molecule has 1 amide bonds. The van der Waals surface area contributed by atoms with Crippen molar-refractivity contribution in [2.24, 2.45) is 0 Å². The summed E-state index contributed by atoms with van der Waals surface area (Å²) in [6.45, 7) is 4.33. The molecule has 3 aromatic rings. The number of H-pyrrole nitrogens is 1. The van der Waals surface area contributed by atoms with Crippen LogP contribution < -0.4 is 10.2 Å². The van der Waals surface area contributed by atoms with Gasteiger partial charge >= 0.3 is 0 Å². The molecule has 2 fully saturated rings. The molecule has 0 aliphatic carbocycles. The van der Waals surface area contributed by atoms with Gasteiger partial charge in [0.25, 0.3) is 5.91 Å². The summed E-state index contributed by atoms with van der Waals surface area (Å²) in [6, 6.07) is 4.32. The number of anilines is 1. The van der Waals surface area contributed by atoms with E-state index >= 15 is 0 Å². The van der Waals surface area contributed by atoms with Crippen LogP contribution in [0.15, 0.2) is 24.5 Å². The highest BCUT2D eigenvalue weighted by atomic mass is 16.5. The lowest BCUT2D eigenvalue weighted by atomic mass is 9.82. The summed E-state index contributed by atoms with van der Waals surface area (Å²) >= 11 is 0. The van der Waals surface area contributed by atoms with Gasteiger partial charge in [0.2, 0.25) is 0 Å². The highest BCUT2D eigenvalue weighted by Crippen LogP contribution is 2.41. The monoisotopic (exact) mass is 378 g/mol. The smallest absolute Gasteiger partial charge is 0.253 e. The number of aromatic nitrogens is 4. The first kappa shape index (κ1) is 16.3. The highest BCUT2D eigenvalue weighted by molar-refractivity contribution is 6.04. The van der Waals surface area contributed by atoms with E-state index < -0.39 is 0 Å². The van der Waals surface area contributed by atoms with E-state index in [1.807, 2.05) is 12.4 Å². The van der Waals surface area contributed by atoms with Crippen molar-refractivity contribution >= 4 is 22.6 Å². The summed E-state index contributed by atoms with van der Waals surface area (Å²) in [7, 11) is 0. The van der Waals surface area contributed by atoms with Gasteiger partial charge in [-0.2, -0.15) is 5.10 Å². The number of morpholine rings is 1. The molecule has 1 unspecified atom stereocenters. The van der Waals surface area contributed by atoms with E-state index in [9.17, 15) is 4.79 Å².